The van der Waals surface area contributed by atoms with Crippen LogP contribution in [0, 0.1) is 0 Å². The molecule has 0 aromatic heterocycles. The first-order valence-electron chi connectivity index (χ1n) is 6.70. The normalized spacial score (nSPS) is 13.0. The monoisotopic (exact) mass is 406 g/mol. The molecule has 124 valence electrons. The fourth-order valence-electron chi connectivity index (χ4n) is 1.79. The van der Waals surface area contributed by atoms with Gasteiger partial charge < -0.3 is 18.9 Å². The maximum atomic E-state index is 10.8. The van der Waals surface area contributed by atoms with Gasteiger partial charge in [-0.1, -0.05) is 30.9 Å². The van der Waals surface area contributed by atoms with Crippen molar-refractivity contribution in [2.75, 3.05) is 0 Å². The van der Waals surface area contributed by atoms with Crippen molar-refractivity contribution in [3.63, 3.8) is 0 Å². The summed E-state index contributed by atoms with van der Waals surface area (Å²) in [5, 5.41) is 0. The fourth-order valence-corrected chi connectivity index (χ4v) is 4.01. The molecule has 1 unspecified atom stereocenters. The predicted molar refractivity (Wildman–Crippen MR) is 77.4 cm³/mol. The van der Waals surface area contributed by atoms with E-state index in [-0.39, 0.29) is 95.1 Å². The summed E-state index contributed by atoms with van der Waals surface area (Å²) >= 11 is 0. The molecule has 0 aliphatic heterocycles. The molecule has 0 saturated carbocycles. The molecule has 6 nitrogen and oxygen atoms in total. The Morgan fingerprint density at radius 1 is 1.04 bits per heavy atom. The molecule has 0 amide bonds. The number of rotatable bonds is 9. The molecule has 0 spiro atoms. The van der Waals surface area contributed by atoms with Gasteiger partial charge in [0.25, 0.3) is 0 Å². The maximum absolute atomic E-state index is 10.8. The van der Waals surface area contributed by atoms with Gasteiger partial charge in [0.05, 0.1) is 4.99 Å². The third-order valence-electron chi connectivity index (χ3n) is 2.93. The van der Waals surface area contributed by atoms with Gasteiger partial charge in [-0.25, -0.2) is 8.42 Å². The number of allylic oxidation sites excluding steroid dienone is 4. The van der Waals surface area contributed by atoms with Gasteiger partial charge in [0.2, 0.25) is 0 Å². The minimum Gasteiger partial charge on any atom is -0.810 e. The SMILES string of the molecule is CC(C)=CCC/C(C)=C/CCCC(P(=O)([O-])[O-])S(=O)(=O)[O-].[Na+].[Na+].[Na+]. The van der Waals surface area contributed by atoms with Crippen LogP contribution in [0.5, 0.6) is 0 Å². The van der Waals surface area contributed by atoms with E-state index in [2.05, 4.69) is 6.08 Å². The third kappa shape index (κ3) is 17.9. The van der Waals surface area contributed by atoms with Gasteiger partial charge in [-0.2, -0.15) is 0 Å². The molecule has 0 saturated heterocycles. The van der Waals surface area contributed by atoms with E-state index < -0.39 is 29.1 Å². The smallest absolute Gasteiger partial charge is 0.810 e. The second kappa shape index (κ2) is 16.5. The molecule has 0 aliphatic carbocycles. The Morgan fingerprint density at radius 3 is 1.92 bits per heavy atom. The number of unbranched alkanes of at least 4 members (excludes halogenated alkanes) is 1. The van der Waals surface area contributed by atoms with Crippen LogP contribution in [0.4, 0.5) is 0 Å². The largest absolute Gasteiger partial charge is 1.00 e. The van der Waals surface area contributed by atoms with Crippen LogP contribution in [0.3, 0.4) is 0 Å². The summed E-state index contributed by atoms with van der Waals surface area (Å²) in [7, 11) is -10.5. The van der Waals surface area contributed by atoms with Gasteiger partial charge in [0.15, 0.2) is 0 Å². The molecule has 0 radical (unpaired) electrons. The van der Waals surface area contributed by atoms with Crippen molar-refractivity contribution < 1.29 is 116 Å². The minimum atomic E-state index is -5.42. The van der Waals surface area contributed by atoms with E-state index in [9.17, 15) is 27.3 Å². The molecule has 0 heterocycles. The first-order valence-corrected chi connectivity index (χ1v) is 9.78. The summed E-state index contributed by atoms with van der Waals surface area (Å²) in [5.74, 6) is 0. The molecule has 11 heteroatoms. The molecule has 0 bridgehead atoms. The first-order chi connectivity index (χ1) is 9.44. The Bertz CT molecular complexity index is 538. The summed E-state index contributed by atoms with van der Waals surface area (Å²) in [4.78, 5) is 19.2. The van der Waals surface area contributed by atoms with Gasteiger partial charge in [-0.05, 0) is 52.9 Å². The number of hydrogen-bond donors (Lipinski definition) is 0. The average Bonchev–Trinajstić information content (AvgIpc) is 2.24. The summed E-state index contributed by atoms with van der Waals surface area (Å²) in [6.07, 6.45) is 5.88. The molecule has 0 fully saturated rings. The quantitative estimate of drug-likeness (QED) is 0.123. The zero-order valence-corrected chi connectivity index (χ0v) is 23.3. The van der Waals surface area contributed by atoms with Crippen LogP contribution in [0.2, 0.25) is 0 Å². The molecule has 0 N–H and O–H groups in total. The van der Waals surface area contributed by atoms with E-state index in [0.29, 0.717) is 6.42 Å². The standard InChI is InChI=1S/C13H25O6PS.3Na/c1-11(2)7-6-9-12(3)8-4-5-10-13(20(14,15)16)21(17,18)19;;;/h7-8,13H,4-6,9-10H2,1-3H3,(H2,14,15,16)(H,17,18,19);;;/q;3*+1/p-3/b12-8+;;;. The molecule has 0 rings (SSSR count). The zero-order chi connectivity index (χ0) is 16.7. The van der Waals surface area contributed by atoms with Crippen molar-refractivity contribution in [3.8, 4) is 0 Å². The van der Waals surface area contributed by atoms with Crippen LogP contribution in [0.1, 0.15) is 52.9 Å². The molecular formula is C13H22Na3O6PS. The predicted octanol–water partition coefficient (Wildman–Crippen LogP) is -7.35. The van der Waals surface area contributed by atoms with E-state index in [1.54, 1.807) is 0 Å². The van der Waals surface area contributed by atoms with Crippen LogP contribution in [0.25, 0.3) is 0 Å². The van der Waals surface area contributed by atoms with Crippen molar-refractivity contribution in [1.82, 2.24) is 0 Å². The second-order valence-electron chi connectivity index (χ2n) is 5.29. The topological polar surface area (TPSA) is 120 Å². The van der Waals surface area contributed by atoms with Crippen molar-refractivity contribution in [1.29, 1.82) is 0 Å². The van der Waals surface area contributed by atoms with Crippen LogP contribution in [-0.2, 0) is 14.7 Å². The second-order valence-corrected chi connectivity index (χ2v) is 8.90. The van der Waals surface area contributed by atoms with Crippen LogP contribution in [-0.4, -0.2) is 18.0 Å². The summed E-state index contributed by atoms with van der Waals surface area (Å²) in [6, 6.07) is 0. The molecule has 1 atom stereocenters. The molecule has 0 aromatic rings. The first kappa shape index (κ1) is 34.1. The van der Waals surface area contributed by atoms with Gasteiger partial charge >= 0.3 is 88.7 Å². The summed E-state index contributed by atoms with van der Waals surface area (Å²) in [6.45, 7) is 5.94. The average molecular weight is 406 g/mol. The van der Waals surface area contributed by atoms with E-state index in [0.717, 1.165) is 18.4 Å². The van der Waals surface area contributed by atoms with Gasteiger partial charge in [0.1, 0.15) is 10.1 Å². The van der Waals surface area contributed by atoms with Gasteiger partial charge in [-0.3, -0.25) is 0 Å². The number of hydrogen-bond acceptors (Lipinski definition) is 6. The van der Waals surface area contributed by atoms with Gasteiger partial charge in [-0.15, -0.1) is 0 Å². The van der Waals surface area contributed by atoms with Crippen LogP contribution in [0.15, 0.2) is 23.3 Å². The summed E-state index contributed by atoms with van der Waals surface area (Å²) < 4.78 is 43.1. The maximum Gasteiger partial charge on any atom is 1.00 e. The third-order valence-corrected chi connectivity index (χ3v) is 6.34. The van der Waals surface area contributed by atoms with Crippen molar-refractivity contribution in [3.05, 3.63) is 23.3 Å². The van der Waals surface area contributed by atoms with E-state index in [1.165, 1.54) is 5.57 Å². The van der Waals surface area contributed by atoms with E-state index in [4.69, 9.17) is 0 Å². The minimum absolute atomic E-state index is 0. The fraction of sp³-hybridized carbons (Fsp3) is 0.692. The Hall–Kier alpha value is 2.54. The van der Waals surface area contributed by atoms with Crippen LogP contribution < -0.4 is 98.5 Å². The molecule has 0 aliphatic rings. The molecule has 24 heavy (non-hydrogen) atoms. The van der Waals surface area contributed by atoms with Crippen molar-refractivity contribution in [2.45, 2.75) is 57.9 Å². The Labute approximate surface area is 212 Å². The van der Waals surface area contributed by atoms with Crippen molar-refractivity contribution in [2.24, 2.45) is 0 Å². The van der Waals surface area contributed by atoms with E-state index in [1.807, 2.05) is 26.8 Å². The zero-order valence-electron chi connectivity index (χ0n) is 15.6. The molecular weight excluding hydrogens is 384 g/mol. The van der Waals surface area contributed by atoms with Gasteiger partial charge in [0, 0.05) is 0 Å². The van der Waals surface area contributed by atoms with Crippen LogP contribution >= 0.6 is 7.60 Å². The van der Waals surface area contributed by atoms with E-state index >= 15 is 0 Å². The Balaban J connectivity index is -0.000000667. The molecule has 0 aromatic carbocycles. The Kier molecular flexibility index (Phi) is 23.4. The van der Waals surface area contributed by atoms with Crippen molar-refractivity contribution >= 4 is 17.7 Å². The Morgan fingerprint density at radius 2 is 1.54 bits per heavy atom. The summed E-state index contributed by atoms with van der Waals surface area (Å²) in [5.41, 5.74) is 2.33.